The van der Waals surface area contributed by atoms with Crippen molar-refractivity contribution < 1.29 is 19.4 Å². The molecule has 1 aromatic carbocycles. The summed E-state index contributed by atoms with van der Waals surface area (Å²) in [5.41, 5.74) is 0.337. The fourth-order valence-corrected chi connectivity index (χ4v) is 1.47. The van der Waals surface area contributed by atoms with Crippen LogP contribution in [0, 0.1) is 0 Å². The van der Waals surface area contributed by atoms with Crippen LogP contribution in [0.1, 0.15) is 23.7 Å². The molecule has 6 nitrogen and oxygen atoms in total. The third-order valence-corrected chi connectivity index (χ3v) is 2.36. The number of amides is 2. The van der Waals surface area contributed by atoms with E-state index < -0.39 is 12.0 Å². The van der Waals surface area contributed by atoms with Crippen LogP contribution in [0.5, 0.6) is 0 Å². The number of carboxylic acids is 1. The number of rotatable bonds is 7. The van der Waals surface area contributed by atoms with Gasteiger partial charge in [-0.2, -0.15) is 0 Å². The van der Waals surface area contributed by atoms with Crippen LogP contribution in [0.15, 0.2) is 24.3 Å². The summed E-state index contributed by atoms with van der Waals surface area (Å²) in [5, 5.41) is 14.1. The second kappa shape index (κ2) is 8.10. The fourth-order valence-electron chi connectivity index (χ4n) is 1.47. The molecule has 1 rings (SSSR count). The van der Waals surface area contributed by atoms with E-state index in [1.807, 2.05) is 6.92 Å². The summed E-state index contributed by atoms with van der Waals surface area (Å²) >= 11 is 0. The molecule has 1 aromatic rings. The number of anilines is 1. The Morgan fingerprint density at radius 2 is 2.05 bits per heavy atom. The van der Waals surface area contributed by atoms with E-state index >= 15 is 0 Å². The van der Waals surface area contributed by atoms with Gasteiger partial charge >= 0.3 is 12.0 Å². The first-order valence-corrected chi connectivity index (χ1v) is 6.10. The van der Waals surface area contributed by atoms with Gasteiger partial charge < -0.3 is 20.5 Å². The van der Waals surface area contributed by atoms with Crippen LogP contribution < -0.4 is 10.6 Å². The lowest BCUT2D eigenvalue weighted by molar-refractivity contribution is 0.0698. The van der Waals surface area contributed by atoms with Crippen molar-refractivity contribution in [1.82, 2.24) is 5.32 Å². The number of carboxylic acid groups (broad SMARTS) is 1. The number of urea groups is 1. The first kappa shape index (κ1) is 15.0. The summed E-state index contributed by atoms with van der Waals surface area (Å²) in [5.74, 6) is -1.08. The van der Waals surface area contributed by atoms with Crippen molar-refractivity contribution in [3.63, 3.8) is 0 Å². The third kappa shape index (κ3) is 5.39. The van der Waals surface area contributed by atoms with Gasteiger partial charge in [0, 0.05) is 19.8 Å². The minimum atomic E-state index is -1.08. The second-order valence-electron chi connectivity index (χ2n) is 3.78. The molecule has 0 saturated carbocycles. The highest BCUT2D eigenvalue weighted by atomic mass is 16.5. The molecule has 0 bridgehead atoms. The van der Waals surface area contributed by atoms with Gasteiger partial charge in [0.15, 0.2) is 0 Å². The Bertz CT molecular complexity index is 434. The van der Waals surface area contributed by atoms with Gasteiger partial charge in [0.2, 0.25) is 0 Å². The molecular formula is C13H18N2O4. The third-order valence-electron chi connectivity index (χ3n) is 2.36. The van der Waals surface area contributed by atoms with Gasteiger partial charge in [0.05, 0.1) is 11.3 Å². The Labute approximate surface area is 111 Å². The highest BCUT2D eigenvalue weighted by Gasteiger charge is 2.10. The molecule has 0 spiro atoms. The molecule has 0 atom stereocenters. The first-order chi connectivity index (χ1) is 9.15. The van der Waals surface area contributed by atoms with Crippen molar-refractivity contribution in [3.8, 4) is 0 Å². The predicted octanol–water partition coefficient (Wildman–Crippen LogP) is 1.93. The van der Waals surface area contributed by atoms with Crippen molar-refractivity contribution >= 4 is 17.7 Å². The largest absolute Gasteiger partial charge is 0.478 e. The molecule has 0 saturated heterocycles. The molecule has 0 fully saturated rings. The summed E-state index contributed by atoms with van der Waals surface area (Å²) in [6, 6.07) is 5.83. The van der Waals surface area contributed by atoms with E-state index in [1.54, 1.807) is 18.2 Å². The highest BCUT2D eigenvalue weighted by Crippen LogP contribution is 2.14. The van der Waals surface area contributed by atoms with E-state index in [0.29, 0.717) is 26.2 Å². The molecule has 104 valence electrons. The summed E-state index contributed by atoms with van der Waals surface area (Å²) in [6.07, 6.45) is 0.710. The van der Waals surface area contributed by atoms with E-state index in [-0.39, 0.29) is 11.3 Å². The maximum atomic E-state index is 11.6. The van der Waals surface area contributed by atoms with Crippen LogP contribution in [0.4, 0.5) is 10.5 Å². The zero-order valence-electron chi connectivity index (χ0n) is 10.8. The lowest BCUT2D eigenvalue weighted by Crippen LogP contribution is -2.30. The monoisotopic (exact) mass is 266 g/mol. The normalized spacial score (nSPS) is 9.95. The molecule has 19 heavy (non-hydrogen) atoms. The minimum Gasteiger partial charge on any atom is -0.478 e. The second-order valence-corrected chi connectivity index (χ2v) is 3.78. The maximum Gasteiger partial charge on any atom is 0.337 e. The minimum absolute atomic E-state index is 0.0620. The molecule has 3 N–H and O–H groups in total. The zero-order valence-corrected chi connectivity index (χ0v) is 10.8. The lowest BCUT2D eigenvalue weighted by Gasteiger charge is -2.09. The van der Waals surface area contributed by atoms with E-state index in [1.165, 1.54) is 6.07 Å². The number of benzene rings is 1. The number of hydrogen-bond donors (Lipinski definition) is 3. The molecule has 0 heterocycles. The molecule has 0 aromatic heterocycles. The van der Waals surface area contributed by atoms with Gasteiger partial charge in [-0.1, -0.05) is 12.1 Å². The number of nitrogens with one attached hydrogen (secondary N) is 2. The van der Waals surface area contributed by atoms with Crippen LogP contribution in [0.2, 0.25) is 0 Å². The summed E-state index contributed by atoms with van der Waals surface area (Å²) < 4.78 is 5.13. The van der Waals surface area contributed by atoms with E-state index in [9.17, 15) is 9.59 Å². The van der Waals surface area contributed by atoms with Crippen molar-refractivity contribution in [2.45, 2.75) is 13.3 Å². The molecule has 0 radical (unpaired) electrons. The Balaban J connectivity index is 2.42. The van der Waals surface area contributed by atoms with Crippen molar-refractivity contribution in [2.24, 2.45) is 0 Å². The van der Waals surface area contributed by atoms with Crippen molar-refractivity contribution in [1.29, 1.82) is 0 Å². The predicted molar refractivity (Wildman–Crippen MR) is 71.5 cm³/mol. The lowest BCUT2D eigenvalue weighted by atomic mass is 10.2. The molecule has 0 aliphatic heterocycles. The number of ether oxygens (including phenoxy) is 1. The standard InChI is InChI=1S/C13H18N2O4/c1-2-19-9-5-8-14-13(18)15-11-7-4-3-6-10(11)12(16)17/h3-4,6-7H,2,5,8-9H2,1H3,(H,16,17)(H2,14,15,18). The number of aromatic carboxylic acids is 1. The molecular weight excluding hydrogens is 248 g/mol. The SMILES string of the molecule is CCOCCCNC(=O)Nc1ccccc1C(=O)O. The molecule has 2 amide bonds. The number of para-hydroxylation sites is 1. The van der Waals surface area contributed by atoms with E-state index in [2.05, 4.69) is 10.6 Å². The van der Waals surface area contributed by atoms with Crippen LogP contribution in [0.3, 0.4) is 0 Å². The number of carbonyl (C=O) groups is 2. The first-order valence-electron chi connectivity index (χ1n) is 6.10. The van der Waals surface area contributed by atoms with Gasteiger partial charge in [-0.15, -0.1) is 0 Å². The van der Waals surface area contributed by atoms with Gasteiger partial charge in [-0.3, -0.25) is 0 Å². The van der Waals surface area contributed by atoms with Crippen LogP contribution in [-0.4, -0.2) is 36.9 Å². The zero-order chi connectivity index (χ0) is 14.1. The Morgan fingerprint density at radius 1 is 1.32 bits per heavy atom. The van der Waals surface area contributed by atoms with Gasteiger partial charge in [-0.05, 0) is 25.5 Å². The van der Waals surface area contributed by atoms with Crippen molar-refractivity contribution in [2.75, 3.05) is 25.1 Å². The Kier molecular flexibility index (Phi) is 6.38. The average molecular weight is 266 g/mol. The topological polar surface area (TPSA) is 87.7 Å². The highest BCUT2D eigenvalue weighted by molar-refractivity contribution is 5.99. The number of carbonyl (C=O) groups excluding carboxylic acids is 1. The summed E-state index contributed by atoms with van der Waals surface area (Å²) in [7, 11) is 0. The van der Waals surface area contributed by atoms with Crippen LogP contribution >= 0.6 is 0 Å². The van der Waals surface area contributed by atoms with Gasteiger partial charge in [0.25, 0.3) is 0 Å². The summed E-state index contributed by atoms with van der Waals surface area (Å²) in [4.78, 5) is 22.5. The fraction of sp³-hybridized carbons (Fsp3) is 0.385. The number of hydrogen-bond acceptors (Lipinski definition) is 3. The van der Waals surface area contributed by atoms with E-state index in [0.717, 1.165) is 0 Å². The van der Waals surface area contributed by atoms with E-state index in [4.69, 9.17) is 9.84 Å². The van der Waals surface area contributed by atoms with Gasteiger partial charge in [0.1, 0.15) is 0 Å². The van der Waals surface area contributed by atoms with Gasteiger partial charge in [-0.25, -0.2) is 9.59 Å². The van der Waals surface area contributed by atoms with Crippen molar-refractivity contribution in [3.05, 3.63) is 29.8 Å². The Hall–Kier alpha value is -2.08. The Morgan fingerprint density at radius 3 is 2.74 bits per heavy atom. The smallest absolute Gasteiger partial charge is 0.337 e. The maximum absolute atomic E-state index is 11.6. The molecule has 0 aliphatic carbocycles. The van der Waals surface area contributed by atoms with Crippen LogP contribution in [-0.2, 0) is 4.74 Å². The average Bonchev–Trinajstić information content (AvgIpc) is 2.39. The summed E-state index contributed by atoms with van der Waals surface area (Å²) in [6.45, 7) is 3.62. The van der Waals surface area contributed by atoms with Crippen LogP contribution in [0.25, 0.3) is 0 Å². The molecule has 0 unspecified atom stereocenters. The molecule has 0 aliphatic rings. The quantitative estimate of drug-likeness (QED) is 0.658. The molecule has 6 heteroatoms.